The summed E-state index contributed by atoms with van der Waals surface area (Å²) >= 11 is 1.41. The van der Waals surface area contributed by atoms with Crippen LogP contribution < -0.4 is 5.32 Å². The van der Waals surface area contributed by atoms with Gasteiger partial charge in [-0.1, -0.05) is 6.07 Å². The highest BCUT2D eigenvalue weighted by Gasteiger charge is 2.14. The van der Waals surface area contributed by atoms with Gasteiger partial charge in [0.05, 0.1) is 16.4 Å². The van der Waals surface area contributed by atoms with Crippen LogP contribution >= 0.6 is 11.3 Å². The number of thiazole rings is 1. The molecular weight excluding hydrogens is 308 g/mol. The topological polar surface area (TPSA) is 67.8 Å². The molecule has 6 heteroatoms. The Morgan fingerprint density at radius 1 is 1.22 bits per heavy atom. The normalized spacial score (nSPS) is 10.5. The third kappa shape index (κ3) is 3.43. The molecule has 0 aromatic carbocycles. The van der Waals surface area contributed by atoms with Crippen LogP contribution in [0.2, 0.25) is 0 Å². The monoisotopic (exact) mass is 324 g/mol. The van der Waals surface area contributed by atoms with Crippen LogP contribution in [0.1, 0.15) is 25.9 Å². The summed E-state index contributed by atoms with van der Waals surface area (Å²) in [7, 11) is 0. The van der Waals surface area contributed by atoms with Crippen LogP contribution in [0.5, 0.6) is 0 Å². The van der Waals surface area contributed by atoms with Gasteiger partial charge in [-0.05, 0) is 37.6 Å². The third-order valence-electron chi connectivity index (χ3n) is 3.38. The van der Waals surface area contributed by atoms with Crippen LogP contribution in [0.4, 0.5) is 0 Å². The molecule has 0 atom stereocenters. The fourth-order valence-corrected chi connectivity index (χ4v) is 3.18. The van der Waals surface area contributed by atoms with E-state index < -0.39 is 0 Å². The molecule has 0 aliphatic heterocycles. The first-order valence-electron chi connectivity index (χ1n) is 7.21. The number of nitrogens with one attached hydrogen (secondary N) is 1. The maximum Gasteiger partial charge on any atom is 0.263 e. The van der Waals surface area contributed by atoms with Crippen molar-refractivity contribution in [2.45, 2.75) is 20.4 Å². The van der Waals surface area contributed by atoms with E-state index in [1.807, 2.05) is 38.1 Å². The predicted octanol–water partition coefficient (Wildman–Crippen LogP) is 3.15. The highest BCUT2D eigenvalue weighted by molar-refractivity contribution is 7.13. The Morgan fingerprint density at radius 3 is 2.74 bits per heavy atom. The van der Waals surface area contributed by atoms with Crippen molar-refractivity contribution < 1.29 is 4.79 Å². The second-order valence-corrected chi connectivity index (χ2v) is 6.29. The van der Waals surface area contributed by atoms with Crippen LogP contribution in [-0.4, -0.2) is 20.9 Å². The molecule has 1 amide bonds. The van der Waals surface area contributed by atoms with Crippen LogP contribution in [0.3, 0.4) is 0 Å². The van der Waals surface area contributed by atoms with Crippen molar-refractivity contribution in [3.63, 3.8) is 0 Å². The highest BCUT2D eigenvalue weighted by Crippen LogP contribution is 2.21. The van der Waals surface area contributed by atoms with E-state index in [2.05, 4.69) is 20.3 Å². The highest BCUT2D eigenvalue weighted by atomic mass is 32.1. The van der Waals surface area contributed by atoms with Crippen molar-refractivity contribution in [2.24, 2.45) is 0 Å². The fourth-order valence-electron chi connectivity index (χ4n) is 2.34. The minimum absolute atomic E-state index is 0.103. The Hall–Kier alpha value is -2.60. The van der Waals surface area contributed by atoms with E-state index in [0.717, 1.165) is 27.5 Å². The average Bonchev–Trinajstić information content (AvgIpc) is 2.92. The Kier molecular flexibility index (Phi) is 4.43. The molecule has 0 radical (unpaired) electrons. The Bertz CT molecular complexity index is 830. The minimum Gasteiger partial charge on any atom is -0.347 e. The maximum absolute atomic E-state index is 12.3. The lowest BCUT2D eigenvalue weighted by Gasteiger charge is -2.09. The molecule has 116 valence electrons. The van der Waals surface area contributed by atoms with Crippen molar-refractivity contribution in [3.8, 4) is 11.3 Å². The average molecular weight is 324 g/mol. The zero-order valence-corrected chi connectivity index (χ0v) is 13.7. The molecule has 0 aliphatic carbocycles. The minimum atomic E-state index is -0.103. The van der Waals surface area contributed by atoms with Gasteiger partial charge in [0.2, 0.25) is 0 Å². The third-order valence-corrected chi connectivity index (χ3v) is 4.45. The molecule has 0 saturated heterocycles. The second kappa shape index (κ2) is 6.66. The molecule has 0 aliphatic rings. The lowest BCUT2D eigenvalue weighted by molar-refractivity contribution is 0.0954. The van der Waals surface area contributed by atoms with Gasteiger partial charge in [0.25, 0.3) is 5.91 Å². The molecule has 0 fully saturated rings. The molecule has 0 spiro atoms. The van der Waals surface area contributed by atoms with Gasteiger partial charge < -0.3 is 5.32 Å². The van der Waals surface area contributed by atoms with E-state index in [1.165, 1.54) is 11.3 Å². The number of nitrogens with zero attached hydrogens (tertiary/aromatic N) is 3. The van der Waals surface area contributed by atoms with E-state index in [4.69, 9.17) is 0 Å². The number of carbonyl (C=O) groups is 1. The first-order valence-corrected chi connectivity index (χ1v) is 8.03. The number of amides is 1. The number of rotatable bonds is 4. The predicted molar refractivity (Wildman–Crippen MR) is 90.2 cm³/mol. The molecule has 0 bridgehead atoms. The van der Waals surface area contributed by atoms with Crippen molar-refractivity contribution >= 4 is 17.2 Å². The number of aromatic nitrogens is 3. The van der Waals surface area contributed by atoms with Crippen molar-refractivity contribution in [2.75, 3.05) is 0 Å². The van der Waals surface area contributed by atoms with Crippen LogP contribution in [-0.2, 0) is 6.54 Å². The van der Waals surface area contributed by atoms with Crippen molar-refractivity contribution in [3.05, 3.63) is 64.0 Å². The first-order chi connectivity index (χ1) is 11.1. The summed E-state index contributed by atoms with van der Waals surface area (Å²) < 4.78 is 0. The van der Waals surface area contributed by atoms with Crippen molar-refractivity contribution in [1.29, 1.82) is 0 Å². The summed E-state index contributed by atoms with van der Waals surface area (Å²) in [6, 6.07) is 7.65. The van der Waals surface area contributed by atoms with E-state index in [9.17, 15) is 4.79 Å². The van der Waals surface area contributed by atoms with E-state index >= 15 is 0 Å². The van der Waals surface area contributed by atoms with Gasteiger partial charge in [-0.25, -0.2) is 4.98 Å². The fraction of sp³-hybridized carbons (Fsp3) is 0.176. The van der Waals surface area contributed by atoms with E-state index in [1.54, 1.807) is 18.6 Å². The Morgan fingerprint density at radius 2 is 2.04 bits per heavy atom. The van der Waals surface area contributed by atoms with Gasteiger partial charge in [-0.15, -0.1) is 11.3 Å². The maximum atomic E-state index is 12.3. The summed E-state index contributed by atoms with van der Waals surface area (Å²) in [4.78, 5) is 25.8. The van der Waals surface area contributed by atoms with Gasteiger partial charge in [0, 0.05) is 30.7 Å². The quantitative estimate of drug-likeness (QED) is 0.800. The first kappa shape index (κ1) is 15.3. The standard InChI is InChI=1S/C17H16N4OS/c1-11-16(23-12(2)21-11)17(22)20-10-14-6-4-8-19-15(14)13-5-3-7-18-9-13/h3-9H,10H2,1-2H3,(H,20,22). The molecule has 5 nitrogen and oxygen atoms in total. The lowest BCUT2D eigenvalue weighted by atomic mass is 10.1. The zero-order chi connectivity index (χ0) is 16.2. The lowest BCUT2D eigenvalue weighted by Crippen LogP contribution is -2.23. The summed E-state index contributed by atoms with van der Waals surface area (Å²) in [6.45, 7) is 4.16. The second-order valence-electron chi connectivity index (χ2n) is 5.08. The molecule has 3 aromatic heterocycles. The zero-order valence-electron chi connectivity index (χ0n) is 12.9. The number of hydrogen-bond acceptors (Lipinski definition) is 5. The Balaban J connectivity index is 1.79. The smallest absolute Gasteiger partial charge is 0.263 e. The molecule has 3 rings (SSSR count). The van der Waals surface area contributed by atoms with Gasteiger partial charge in [0.1, 0.15) is 4.88 Å². The van der Waals surface area contributed by atoms with Gasteiger partial charge in [-0.3, -0.25) is 14.8 Å². The SMILES string of the molecule is Cc1nc(C)c(C(=O)NCc2cccnc2-c2cccnc2)s1. The number of hydrogen-bond donors (Lipinski definition) is 1. The summed E-state index contributed by atoms with van der Waals surface area (Å²) in [5.41, 5.74) is 3.48. The van der Waals surface area contributed by atoms with E-state index in [-0.39, 0.29) is 5.91 Å². The summed E-state index contributed by atoms with van der Waals surface area (Å²) in [6.07, 6.45) is 5.23. The largest absolute Gasteiger partial charge is 0.347 e. The number of aryl methyl sites for hydroxylation is 2. The summed E-state index contributed by atoms with van der Waals surface area (Å²) in [5.74, 6) is -0.103. The van der Waals surface area contributed by atoms with Gasteiger partial charge in [-0.2, -0.15) is 0 Å². The van der Waals surface area contributed by atoms with Crippen LogP contribution in [0, 0.1) is 13.8 Å². The molecule has 3 aromatic rings. The van der Waals surface area contributed by atoms with Gasteiger partial charge >= 0.3 is 0 Å². The summed E-state index contributed by atoms with van der Waals surface area (Å²) in [5, 5.41) is 3.84. The number of pyridine rings is 2. The molecule has 0 unspecified atom stereocenters. The van der Waals surface area contributed by atoms with E-state index in [0.29, 0.717) is 11.4 Å². The van der Waals surface area contributed by atoms with Crippen molar-refractivity contribution in [1.82, 2.24) is 20.3 Å². The van der Waals surface area contributed by atoms with Gasteiger partial charge in [0.15, 0.2) is 0 Å². The molecule has 3 heterocycles. The number of carbonyl (C=O) groups excluding carboxylic acids is 1. The molecule has 23 heavy (non-hydrogen) atoms. The Labute approximate surface area is 138 Å². The van der Waals surface area contributed by atoms with Crippen LogP contribution in [0.15, 0.2) is 42.9 Å². The molecule has 0 saturated carbocycles. The molecule has 1 N–H and O–H groups in total. The van der Waals surface area contributed by atoms with Crippen LogP contribution in [0.25, 0.3) is 11.3 Å². The molecular formula is C17H16N4OS.